The van der Waals surface area contributed by atoms with Crippen molar-refractivity contribution >= 4 is 11.6 Å². The zero-order valence-electron chi connectivity index (χ0n) is 13.3. The van der Waals surface area contributed by atoms with E-state index in [9.17, 15) is 4.79 Å². The molecule has 1 atom stereocenters. The van der Waals surface area contributed by atoms with Gasteiger partial charge in [-0.15, -0.1) is 0 Å². The van der Waals surface area contributed by atoms with Crippen LogP contribution >= 0.6 is 0 Å². The molecule has 1 N–H and O–H groups in total. The zero-order chi connectivity index (χ0) is 15.6. The molecule has 2 heterocycles. The Balaban J connectivity index is 2.16. The van der Waals surface area contributed by atoms with Gasteiger partial charge in [0, 0.05) is 12.7 Å². The first-order valence-electron chi connectivity index (χ1n) is 7.29. The summed E-state index contributed by atoms with van der Waals surface area (Å²) < 4.78 is 3.61. The standard InChI is InChI=1S/C15H23N5O/c1-6-7-19-12(4)14(11(3)18-19)17-15(21)13(5)20-9-10(2)8-16-20/h8-9,13H,6-7H2,1-5H3,(H,17,21). The summed E-state index contributed by atoms with van der Waals surface area (Å²) in [5, 5.41) is 11.6. The summed E-state index contributed by atoms with van der Waals surface area (Å²) in [7, 11) is 0. The second-order valence-electron chi connectivity index (χ2n) is 5.43. The van der Waals surface area contributed by atoms with Crippen molar-refractivity contribution in [1.29, 1.82) is 0 Å². The number of carbonyl (C=O) groups excluding carboxylic acids is 1. The Kier molecular flexibility index (Phi) is 4.45. The highest BCUT2D eigenvalue weighted by Crippen LogP contribution is 2.21. The summed E-state index contributed by atoms with van der Waals surface area (Å²) in [6.07, 6.45) is 4.63. The van der Waals surface area contributed by atoms with Gasteiger partial charge >= 0.3 is 0 Å². The maximum absolute atomic E-state index is 12.4. The third-order valence-electron chi connectivity index (χ3n) is 3.57. The van der Waals surface area contributed by atoms with E-state index in [1.54, 1.807) is 10.9 Å². The number of amides is 1. The maximum Gasteiger partial charge on any atom is 0.249 e. The van der Waals surface area contributed by atoms with Crippen LogP contribution in [-0.4, -0.2) is 25.5 Å². The van der Waals surface area contributed by atoms with Gasteiger partial charge in [0.15, 0.2) is 0 Å². The van der Waals surface area contributed by atoms with E-state index in [4.69, 9.17) is 0 Å². The highest BCUT2D eigenvalue weighted by molar-refractivity contribution is 5.94. The lowest BCUT2D eigenvalue weighted by Crippen LogP contribution is -2.24. The molecule has 0 saturated carbocycles. The van der Waals surface area contributed by atoms with E-state index in [2.05, 4.69) is 22.4 Å². The Hall–Kier alpha value is -2.11. The Morgan fingerprint density at radius 1 is 1.38 bits per heavy atom. The molecule has 0 aliphatic carbocycles. The molecule has 1 amide bonds. The Bertz CT molecular complexity index is 641. The monoisotopic (exact) mass is 289 g/mol. The number of aryl methyl sites for hydroxylation is 3. The van der Waals surface area contributed by atoms with Crippen molar-refractivity contribution in [2.24, 2.45) is 0 Å². The second-order valence-corrected chi connectivity index (χ2v) is 5.43. The number of anilines is 1. The van der Waals surface area contributed by atoms with Gasteiger partial charge in [-0.1, -0.05) is 6.92 Å². The molecule has 0 bridgehead atoms. The van der Waals surface area contributed by atoms with E-state index in [1.165, 1.54) is 0 Å². The highest BCUT2D eigenvalue weighted by Gasteiger charge is 2.19. The number of nitrogens with zero attached hydrogens (tertiary/aromatic N) is 4. The van der Waals surface area contributed by atoms with Gasteiger partial charge < -0.3 is 5.32 Å². The SMILES string of the molecule is CCCn1nc(C)c(NC(=O)C(C)n2cc(C)cn2)c1C. The van der Waals surface area contributed by atoms with Crippen molar-refractivity contribution < 1.29 is 4.79 Å². The van der Waals surface area contributed by atoms with Gasteiger partial charge in [-0.2, -0.15) is 10.2 Å². The number of hydrogen-bond donors (Lipinski definition) is 1. The average molecular weight is 289 g/mol. The summed E-state index contributed by atoms with van der Waals surface area (Å²) in [4.78, 5) is 12.4. The third kappa shape index (κ3) is 3.15. The molecule has 2 aromatic rings. The van der Waals surface area contributed by atoms with Crippen molar-refractivity contribution in [1.82, 2.24) is 19.6 Å². The van der Waals surface area contributed by atoms with Crippen LogP contribution in [-0.2, 0) is 11.3 Å². The first kappa shape index (κ1) is 15.3. The fourth-order valence-electron chi connectivity index (χ4n) is 2.30. The van der Waals surface area contributed by atoms with E-state index in [0.29, 0.717) is 0 Å². The van der Waals surface area contributed by atoms with Crippen LogP contribution < -0.4 is 5.32 Å². The van der Waals surface area contributed by atoms with Gasteiger partial charge in [0.2, 0.25) is 5.91 Å². The van der Waals surface area contributed by atoms with Crippen LogP contribution in [0.15, 0.2) is 12.4 Å². The Morgan fingerprint density at radius 3 is 2.67 bits per heavy atom. The van der Waals surface area contributed by atoms with Gasteiger partial charge in [0.1, 0.15) is 6.04 Å². The first-order chi connectivity index (χ1) is 9.93. The summed E-state index contributed by atoms with van der Waals surface area (Å²) in [6.45, 7) is 10.7. The largest absolute Gasteiger partial charge is 0.321 e. The molecule has 0 fully saturated rings. The number of aromatic nitrogens is 4. The van der Waals surface area contributed by atoms with Gasteiger partial charge in [-0.05, 0) is 39.7 Å². The minimum atomic E-state index is -0.355. The number of rotatable bonds is 5. The lowest BCUT2D eigenvalue weighted by atomic mass is 10.2. The van der Waals surface area contributed by atoms with Crippen LogP contribution in [0.4, 0.5) is 5.69 Å². The highest BCUT2D eigenvalue weighted by atomic mass is 16.2. The molecule has 0 aromatic carbocycles. The number of hydrogen-bond acceptors (Lipinski definition) is 3. The molecule has 0 spiro atoms. The molecule has 6 nitrogen and oxygen atoms in total. The summed E-state index contributed by atoms with van der Waals surface area (Å²) in [5.41, 5.74) is 3.69. The van der Waals surface area contributed by atoms with Gasteiger partial charge in [0.05, 0.1) is 23.3 Å². The van der Waals surface area contributed by atoms with Crippen LogP contribution in [0.25, 0.3) is 0 Å². The van der Waals surface area contributed by atoms with Crippen molar-refractivity contribution in [2.75, 3.05) is 5.32 Å². The lowest BCUT2D eigenvalue weighted by Gasteiger charge is -2.13. The molecular weight excluding hydrogens is 266 g/mol. The number of carbonyl (C=O) groups is 1. The van der Waals surface area contributed by atoms with Gasteiger partial charge in [-0.25, -0.2) is 0 Å². The zero-order valence-corrected chi connectivity index (χ0v) is 13.3. The van der Waals surface area contributed by atoms with Crippen LogP contribution in [0, 0.1) is 20.8 Å². The van der Waals surface area contributed by atoms with Crippen molar-refractivity contribution in [2.45, 2.75) is 53.6 Å². The molecule has 0 saturated heterocycles. The van der Waals surface area contributed by atoms with Crippen molar-refractivity contribution in [3.8, 4) is 0 Å². The fourth-order valence-corrected chi connectivity index (χ4v) is 2.30. The molecule has 2 rings (SSSR count). The van der Waals surface area contributed by atoms with Crippen LogP contribution in [0.3, 0.4) is 0 Å². The minimum Gasteiger partial charge on any atom is -0.321 e. The molecule has 6 heteroatoms. The summed E-state index contributed by atoms with van der Waals surface area (Å²) in [6, 6.07) is -0.355. The van der Waals surface area contributed by atoms with E-state index in [-0.39, 0.29) is 11.9 Å². The minimum absolute atomic E-state index is 0.0830. The average Bonchev–Trinajstić information content (AvgIpc) is 2.98. The van der Waals surface area contributed by atoms with Crippen LogP contribution in [0.2, 0.25) is 0 Å². The number of nitrogens with one attached hydrogen (secondary N) is 1. The van der Waals surface area contributed by atoms with Crippen LogP contribution in [0.1, 0.15) is 43.3 Å². The topological polar surface area (TPSA) is 64.7 Å². The molecule has 0 aliphatic heterocycles. The van der Waals surface area contributed by atoms with E-state index < -0.39 is 0 Å². The Morgan fingerprint density at radius 2 is 2.10 bits per heavy atom. The van der Waals surface area contributed by atoms with Crippen molar-refractivity contribution in [3.05, 3.63) is 29.3 Å². The Labute approximate surface area is 125 Å². The molecular formula is C15H23N5O. The lowest BCUT2D eigenvalue weighted by molar-refractivity contribution is -0.119. The first-order valence-corrected chi connectivity index (χ1v) is 7.29. The van der Waals surface area contributed by atoms with Gasteiger partial charge in [0.25, 0.3) is 0 Å². The van der Waals surface area contributed by atoms with E-state index in [0.717, 1.165) is 35.6 Å². The molecule has 114 valence electrons. The van der Waals surface area contributed by atoms with Crippen LogP contribution in [0.5, 0.6) is 0 Å². The van der Waals surface area contributed by atoms with E-state index >= 15 is 0 Å². The second kappa shape index (κ2) is 6.11. The summed E-state index contributed by atoms with van der Waals surface area (Å²) >= 11 is 0. The molecule has 0 aliphatic rings. The van der Waals surface area contributed by atoms with E-state index in [1.807, 2.05) is 38.6 Å². The third-order valence-corrected chi connectivity index (χ3v) is 3.57. The van der Waals surface area contributed by atoms with Gasteiger partial charge in [-0.3, -0.25) is 14.2 Å². The summed E-state index contributed by atoms with van der Waals surface area (Å²) in [5.74, 6) is -0.0830. The van der Waals surface area contributed by atoms with Crippen molar-refractivity contribution in [3.63, 3.8) is 0 Å². The predicted octanol–water partition coefficient (Wildman–Crippen LogP) is 2.61. The quantitative estimate of drug-likeness (QED) is 0.920. The molecule has 1 unspecified atom stereocenters. The fraction of sp³-hybridized carbons (Fsp3) is 0.533. The normalized spacial score (nSPS) is 12.4. The molecule has 0 radical (unpaired) electrons. The smallest absolute Gasteiger partial charge is 0.249 e. The molecule has 21 heavy (non-hydrogen) atoms. The maximum atomic E-state index is 12.4. The predicted molar refractivity (Wildman–Crippen MR) is 82.3 cm³/mol. The molecule has 2 aromatic heterocycles.